The van der Waals surface area contributed by atoms with Crippen molar-refractivity contribution in [1.29, 1.82) is 0 Å². The number of esters is 1. The van der Waals surface area contributed by atoms with E-state index in [2.05, 4.69) is 16.0 Å². The van der Waals surface area contributed by atoms with Gasteiger partial charge in [0, 0.05) is 45.2 Å². The highest BCUT2D eigenvalue weighted by molar-refractivity contribution is 5.86. The zero-order valence-corrected chi connectivity index (χ0v) is 31.8. The monoisotopic (exact) mass is 765 g/mol. The predicted molar refractivity (Wildman–Crippen MR) is 209 cm³/mol. The van der Waals surface area contributed by atoms with E-state index in [9.17, 15) is 19.2 Å². The second kappa shape index (κ2) is 19.9. The van der Waals surface area contributed by atoms with Crippen molar-refractivity contribution in [3.05, 3.63) is 120 Å². The summed E-state index contributed by atoms with van der Waals surface area (Å²) in [6.07, 6.45) is 0.512. The Balaban J connectivity index is 1.09. The Morgan fingerprint density at radius 3 is 2.27 bits per heavy atom. The minimum Gasteiger partial charge on any atom is -0.464 e. The van der Waals surface area contributed by atoms with Crippen LogP contribution in [-0.2, 0) is 52.8 Å². The van der Waals surface area contributed by atoms with Crippen LogP contribution in [0, 0.1) is 0 Å². The molecule has 56 heavy (non-hydrogen) atoms. The van der Waals surface area contributed by atoms with Crippen LogP contribution in [0.3, 0.4) is 0 Å². The second-order valence-electron chi connectivity index (χ2n) is 14.3. The van der Waals surface area contributed by atoms with Crippen molar-refractivity contribution in [3.8, 4) is 0 Å². The lowest BCUT2D eigenvalue weighted by Crippen LogP contribution is -2.54. The van der Waals surface area contributed by atoms with E-state index in [-0.39, 0.29) is 38.5 Å². The molecule has 2 saturated heterocycles. The number of hydrogen-bond acceptors (Lipinski definition) is 9. The predicted octanol–water partition coefficient (Wildman–Crippen LogP) is 6.88. The molecular weight excluding hydrogens is 714 g/mol. The average molecular weight is 766 g/mol. The van der Waals surface area contributed by atoms with Gasteiger partial charge < -0.3 is 39.6 Å². The maximum atomic E-state index is 13.3. The van der Waals surface area contributed by atoms with Crippen LogP contribution in [0.25, 0.3) is 10.8 Å². The van der Waals surface area contributed by atoms with E-state index >= 15 is 0 Å². The Bertz CT molecular complexity index is 1900. The molecule has 1 spiro atoms. The molecule has 2 heterocycles. The van der Waals surface area contributed by atoms with Gasteiger partial charge in [-0.05, 0) is 53.6 Å². The van der Waals surface area contributed by atoms with E-state index in [1.807, 2.05) is 103 Å². The van der Waals surface area contributed by atoms with Gasteiger partial charge in [0.25, 0.3) is 0 Å². The quantitative estimate of drug-likeness (QED) is 0.0870. The molecule has 12 heteroatoms. The minimum atomic E-state index is -1.12. The first-order chi connectivity index (χ1) is 27.3. The second-order valence-corrected chi connectivity index (χ2v) is 14.3. The lowest BCUT2D eigenvalue weighted by atomic mass is 9.90. The van der Waals surface area contributed by atoms with E-state index in [4.69, 9.17) is 23.7 Å². The third-order valence-corrected chi connectivity index (χ3v) is 10.1. The molecule has 0 aliphatic carbocycles. The van der Waals surface area contributed by atoms with Crippen molar-refractivity contribution in [2.24, 2.45) is 0 Å². The number of nitrogens with one attached hydrogen (secondary N) is 3. The molecule has 3 amide bonds. The molecule has 12 nitrogen and oxygen atoms in total. The van der Waals surface area contributed by atoms with Crippen molar-refractivity contribution >= 4 is 34.8 Å². The van der Waals surface area contributed by atoms with E-state index in [1.54, 1.807) is 6.92 Å². The third kappa shape index (κ3) is 11.8. The zero-order chi connectivity index (χ0) is 39.2. The molecule has 2 aliphatic heterocycles. The molecule has 0 aromatic heterocycles. The summed E-state index contributed by atoms with van der Waals surface area (Å²) in [7, 11) is 0. The number of benzene rings is 4. The molecule has 0 saturated carbocycles. The Morgan fingerprint density at radius 1 is 0.786 bits per heavy atom. The summed E-state index contributed by atoms with van der Waals surface area (Å²) in [5.74, 6) is -1.95. The van der Waals surface area contributed by atoms with Gasteiger partial charge in [-0.2, -0.15) is 0 Å². The number of alkyl carbamates (subject to hydrolysis) is 2. The number of hydrogen-bond donors (Lipinski definition) is 3. The normalized spacial score (nSPS) is 21.1. The van der Waals surface area contributed by atoms with E-state index in [0.29, 0.717) is 38.6 Å². The fourth-order valence-corrected chi connectivity index (χ4v) is 7.41. The van der Waals surface area contributed by atoms with E-state index < -0.39 is 48.3 Å². The number of ether oxygens (including phenoxy) is 5. The molecular formula is C44H51N3O9. The molecule has 4 unspecified atom stereocenters. The summed E-state index contributed by atoms with van der Waals surface area (Å²) in [5.41, 5.74) is 2.81. The molecule has 0 radical (unpaired) electrons. The summed E-state index contributed by atoms with van der Waals surface area (Å²) in [6, 6.07) is 32.1. The van der Waals surface area contributed by atoms with E-state index in [1.165, 1.54) is 0 Å². The number of carbonyl (C=O) groups excluding carboxylic acids is 4. The number of carbonyl (C=O) groups is 4. The van der Waals surface area contributed by atoms with Crippen molar-refractivity contribution in [2.45, 2.75) is 102 Å². The van der Waals surface area contributed by atoms with Crippen molar-refractivity contribution in [1.82, 2.24) is 16.0 Å². The van der Waals surface area contributed by atoms with Gasteiger partial charge in [-0.15, -0.1) is 0 Å². The first kappa shape index (κ1) is 40.2. The smallest absolute Gasteiger partial charge is 0.407 e. The Labute approximate surface area is 327 Å². The number of amides is 3. The molecule has 2 aliphatic rings. The van der Waals surface area contributed by atoms with Crippen molar-refractivity contribution in [3.63, 3.8) is 0 Å². The summed E-state index contributed by atoms with van der Waals surface area (Å²) in [4.78, 5) is 51.9. The minimum absolute atomic E-state index is 0.0203. The van der Waals surface area contributed by atoms with Gasteiger partial charge in [0.05, 0.1) is 18.8 Å². The molecule has 4 aromatic rings. The molecule has 2 fully saturated rings. The largest absolute Gasteiger partial charge is 0.464 e. The van der Waals surface area contributed by atoms with Gasteiger partial charge >= 0.3 is 18.2 Å². The highest BCUT2D eigenvalue weighted by Crippen LogP contribution is 2.41. The Kier molecular flexibility index (Phi) is 14.3. The van der Waals surface area contributed by atoms with Crippen molar-refractivity contribution in [2.75, 3.05) is 13.2 Å². The molecule has 3 N–H and O–H groups in total. The summed E-state index contributed by atoms with van der Waals surface area (Å²) in [6.45, 7) is 2.56. The van der Waals surface area contributed by atoms with Crippen LogP contribution in [0.5, 0.6) is 0 Å². The van der Waals surface area contributed by atoms with Gasteiger partial charge in [0.15, 0.2) is 5.79 Å². The summed E-state index contributed by atoms with van der Waals surface area (Å²) < 4.78 is 30.0. The van der Waals surface area contributed by atoms with Crippen molar-refractivity contribution < 1.29 is 42.9 Å². The molecule has 5 atom stereocenters. The first-order valence-electron chi connectivity index (χ1n) is 19.5. The fourth-order valence-electron chi connectivity index (χ4n) is 7.41. The van der Waals surface area contributed by atoms with Crippen LogP contribution in [-0.4, -0.2) is 67.4 Å². The average Bonchev–Trinajstić information content (AvgIpc) is 3.21. The Morgan fingerprint density at radius 2 is 1.48 bits per heavy atom. The van der Waals surface area contributed by atoms with Crippen LogP contribution in [0.2, 0.25) is 0 Å². The van der Waals surface area contributed by atoms with Gasteiger partial charge in [0.1, 0.15) is 18.8 Å². The molecule has 0 bridgehead atoms. The first-order valence-corrected chi connectivity index (χ1v) is 19.5. The van der Waals surface area contributed by atoms with Gasteiger partial charge in [-0.1, -0.05) is 103 Å². The van der Waals surface area contributed by atoms with Crippen LogP contribution >= 0.6 is 0 Å². The van der Waals surface area contributed by atoms with Crippen LogP contribution < -0.4 is 16.0 Å². The fraction of sp³-hybridized carbons (Fsp3) is 0.409. The van der Waals surface area contributed by atoms with Crippen LogP contribution in [0.4, 0.5) is 9.59 Å². The zero-order valence-electron chi connectivity index (χ0n) is 31.8. The van der Waals surface area contributed by atoms with Crippen LogP contribution in [0.1, 0.15) is 68.6 Å². The van der Waals surface area contributed by atoms with E-state index in [0.717, 1.165) is 33.9 Å². The summed E-state index contributed by atoms with van der Waals surface area (Å²) in [5, 5.41) is 10.7. The third-order valence-electron chi connectivity index (χ3n) is 10.1. The highest BCUT2D eigenvalue weighted by Gasteiger charge is 2.47. The number of fused-ring (bicyclic) bond motifs is 1. The number of rotatable bonds is 15. The maximum Gasteiger partial charge on any atom is 0.407 e. The van der Waals surface area contributed by atoms with Gasteiger partial charge in [0.2, 0.25) is 5.91 Å². The highest BCUT2D eigenvalue weighted by atomic mass is 16.7. The molecule has 4 aromatic carbocycles. The SMILES string of the molecule is CCOC(=O)[C@H](Cc1ccccc1)NC(=O)CCC1CC(OC(=O)NCc2cccc3ccccc23)CC2(CCCC(COC(=O)NCc3ccccc3)O2)O1. The lowest BCUT2D eigenvalue weighted by Gasteiger charge is -2.47. The van der Waals surface area contributed by atoms with Crippen LogP contribution in [0.15, 0.2) is 103 Å². The lowest BCUT2D eigenvalue weighted by molar-refractivity contribution is -0.329. The maximum absolute atomic E-state index is 13.3. The van der Waals surface area contributed by atoms with Gasteiger partial charge in [-0.3, -0.25) is 4.79 Å². The summed E-state index contributed by atoms with van der Waals surface area (Å²) >= 11 is 0. The van der Waals surface area contributed by atoms with Gasteiger partial charge in [-0.25, -0.2) is 14.4 Å². The standard InChI is InChI=1S/C44H51N3O9/c1-2-52-41(49)39(25-31-13-5-3-6-14-31)47-40(48)23-22-35-26-37(54-43(51)46-29-34-19-11-18-33-17-9-10-21-38(33)34)27-44(55-35)24-12-20-36(56-44)30-53-42(50)45-28-32-15-7-4-8-16-32/h3-11,13-19,21,35-37,39H,2,12,20,22-30H2,1H3,(H,45,50)(H,46,51)(H,47,48)/t35?,36?,37?,39-,44?/m0/s1. The Hall–Kier alpha value is -5.46. The molecule has 296 valence electrons. The topological polar surface area (TPSA) is 151 Å². The molecule has 6 rings (SSSR count).